The largest absolute Gasteiger partial charge is 0.377 e. The van der Waals surface area contributed by atoms with Crippen LogP contribution in [-0.2, 0) is 9.84 Å². The first-order valence-electron chi connectivity index (χ1n) is 5.54. The summed E-state index contributed by atoms with van der Waals surface area (Å²) in [6, 6.07) is 9.51. The van der Waals surface area contributed by atoms with E-state index >= 15 is 0 Å². The van der Waals surface area contributed by atoms with Crippen LogP contribution in [0.1, 0.15) is 5.56 Å². The van der Waals surface area contributed by atoms with Gasteiger partial charge in [0.15, 0.2) is 15.0 Å². The molecule has 1 aromatic carbocycles. The van der Waals surface area contributed by atoms with Crippen LogP contribution in [0.2, 0.25) is 0 Å². The third-order valence-corrected chi connectivity index (χ3v) is 4.89. The van der Waals surface area contributed by atoms with Gasteiger partial charge >= 0.3 is 0 Å². The van der Waals surface area contributed by atoms with E-state index in [2.05, 4.69) is 10.2 Å². The number of hydrogen-bond donors (Lipinski definition) is 1. The zero-order valence-corrected chi connectivity index (χ0v) is 11.6. The number of rotatable bonds is 3. The van der Waals surface area contributed by atoms with Gasteiger partial charge in [0.1, 0.15) is 0 Å². The van der Waals surface area contributed by atoms with Gasteiger partial charge in [-0.25, -0.2) is 8.42 Å². The van der Waals surface area contributed by atoms with Crippen molar-refractivity contribution >= 4 is 33.0 Å². The van der Waals surface area contributed by atoms with Gasteiger partial charge in [-0.3, -0.25) is 0 Å². The number of hydrogen-bond acceptors (Lipinski definition) is 5. The maximum absolute atomic E-state index is 11.2. The Labute approximate surface area is 116 Å². The molecule has 2 N–H and O–H groups in total. The van der Waals surface area contributed by atoms with Crippen molar-refractivity contribution in [3.8, 4) is 0 Å². The van der Waals surface area contributed by atoms with E-state index in [4.69, 9.17) is 5.73 Å². The summed E-state index contributed by atoms with van der Waals surface area (Å²) in [7, 11) is -3.05. The van der Waals surface area contributed by atoms with Gasteiger partial charge < -0.3 is 5.73 Å². The van der Waals surface area contributed by atoms with E-state index in [1.165, 1.54) is 17.2 Å². The molecule has 0 radical (unpaired) electrons. The molecule has 0 bridgehead atoms. The minimum Gasteiger partial charge on any atom is -0.377 e. The standard InChI is InChI=1S/C12H13N3O2S2/c13-12(18-11-6-7-19(16,17)9-11)15-14-8-10-4-2-1-3-5-10/h1-8,11H,9H2,(H2,13,15)/b14-8+. The number of nitrogens with zero attached hydrogens (tertiary/aromatic N) is 2. The van der Waals surface area contributed by atoms with Gasteiger partial charge in [0.25, 0.3) is 0 Å². The molecule has 7 heteroatoms. The van der Waals surface area contributed by atoms with Crippen LogP contribution in [0.15, 0.2) is 52.0 Å². The number of thioether (sulfide) groups is 1. The first kappa shape index (κ1) is 13.8. The maximum Gasteiger partial charge on any atom is 0.181 e. The normalized spacial score (nSPS) is 22.1. The van der Waals surface area contributed by atoms with Crippen molar-refractivity contribution in [3.63, 3.8) is 0 Å². The average molecular weight is 295 g/mol. The summed E-state index contributed by atoms with van der Waals surface area (Å²) >= 11 is 1.19. The van der Waals surface area contributed by atoms with Crippen molar-refractivity contribution in [1.82, 2.24) is 0 Å². The zero-order valence-electron chi connectivity index (χ0n) is 10.0. The van der Waals surface area contributed by atoms with Gasteiger partial charge in [-0.1, -0.05) is 48.2 Å². The highest BCUT2D eigenvalue weighted by Crippen LogP contribution is 2.21. The summed E-state index contributed by atoms with van der Waals surface area (Å²) in [6.07, 6.45) is 3.21. The highest BCUT2D eigenvalue weighted by Gasteiger charge is 2.22. The fraction of sp³-hybridized carbons (Fsp3) is 0.167. The van der Waals surface area contributed by atoms with Gasteiger partial charge in [0, 0.05) is 10.7 Å². The predicted molar refractivity (Wildman–Crippen MR) is 80.0 cm³/mol. The highest BCUT2D eigenvalue weighted by molar-refractivity contribution is 8.15. The molecule has 1 aliphatic rings. The predicted octanol–water partition coefficient (Wildman–Crippen LogP) is 1.38. The van der Waals surface area contributed by atoms with Crippen LogP contribution < -0.4 is 5.73 Å². The van der Waals surface area contributed by atoms with E-state index in [0.717, 1.165) is 5.56 Å². The second-order valence-corrected chi connectivity index (χ2v) is 7.10. The fourth-order valence-electron chi connectivity index (χ4n) is 1.49. The fourth-order valence-corrected chi connectivity index (χ4v) is 4.10. The second-order valence-electron chi connectivity index (χ2n) is 3.91. The molecule has 0 spiro atoms. The van der Waals surface area contributed by atoms with Crippen LogP contribution in [0.5, 0.6) is 0 Å². The van der Waals surface area contributed by atoms with Crippen molar-refractivity contribution in [3.05, 3.63) is 47.4 Å². The monoisotopic (exact) mass is 295 g/mol. The van der Waals surface area contributed by atoms with Crippen molar-refractivity contribution in [2.45, 2.75) is 5.25 Å². The molecular weight excluding hydrogens is 282 g/mol. The molecular formula is C12H13N3O2S2. The van der Waals surface area contributed by atoms with Crippen LogP contribution in [0.25, 0.3) is 0 Å². The Morgan fingerprint density at radius 1 is 1.37 bits per heavy atom. The smallest absolute Gasteiger partial charge is 0.181 e. The lowest BCUT2D eigenvalue weighted by Crippen LogP contribution is -2.15. The third-order valence-electron chi connectivity index (χ3n) is 2.33. The molecule has 19 heavy (non-hydrogen) atoms. The Morgan fingerprint density at radius 3 is 2.74 bits per heavy atom. The molecule has 100 valence electrons. The molecule has 0 aromatic heterocycles. The average Bonchev–Trinajstić information content (AvgIpc) is 2.70. The lowest BCUT2D eigenvalue weighted by atomic mass is 10.2. The molecule has 0 saturated heterocycles. The summed E-state index contributed by atoms with van der Waals surface area (Å²) in [5.74, 6) is 0.0658. The van der Waals surface area contributed by atoms with Gasteiger partial charge in [-0.15, -0.1) is 5.10 Å². The third kappa shape index (κ3) is 4.53. The molecule has 2 rings (SSSR count). The minimum atomic E-state index is -3.05. The van der Waals surface area contributed by atoms with Crippen LogP contribution in [0.3, 0.4) is 0 Å². The van der Waals surface area contributed by atoms with Crippen LogP contribution >= 0.6 is 11.8 Å². The molecule has 0 saturated carbocycles. The molecule has 1 atom stereocenters. The van der Waals surface area contributed by atoms with Crippen molar-refractivity contribution < 1.29 is 8.42 Å². The Hall–Kier alpha value is -1.60. The van der Waals surface area contributed by atoms with Crippen molar-refractivity contribution in [2.75, 3.05) is 5.75 Å². The van der Waals surface area contributed by atoms with Gasteiger partial charge in [-0.2, -0.15) is 5.10 Å². The van der Waals surface area contributed by atoms with Crippen LogP contribution in [0, 0.1) is 0 Å². The quantitative estimate of drug-likeness (QED) is 0.518. The number of benzene rings is 1. The molecule has 0 amide bonds. The minimum absolute atomic E-state index is 0.0658. The summed E-state index contributed by atoms with van der Waals surface area (Å²) in [5, 5.41) is 8.97. The van der Waals surface area contributed by atoms with Gasteiger partial charge in [-0.05, 0) is 5.56 Å². The van der Waals surface area contributed by atoms with Crippen LogP contribution in [-0.4, -0.2) is 30.8 Å². The topological polar surface area (TPSA) is 84.9 Å². The second kappa shape index (κ2) is 6.03. The summed E-state index contributed by atoms with van der Waals surface area (Å²) in [4.78, 5) is 0. The lowest BCUT2D eigenvalue weighted by molar-refractivity contribution is 0.606. The first-order chi connectivity index (χ1) is 9.05. The zero-order chi connectivity index (χ0) is 13.7. The van der Waals surface area contributed by atoms with Crippen LogP contribution in [0.4, 0.5) is 0 Å². The van der Waals surface area contributed by atoms with E-state index in [0.29, 0.717) is 0 Å². The Kier molecular flexibility index (Phi) is 4.39. The Balaban J connectivity index is 1.90. The molecule has 0 fully saturated rings. The highest BCUT2D eigenvalue weighted by atomic mass is 32.2. The SMILES string of the molecule is N/C(=N/N=C/c1ccccc1)SC1C=CS(=O)(=O)C1. The summed E-state index contributed by atoms with van der Waals surface area (Å²) < 4.78 is 22.4. The van der Waals surface area contributed by atoms with E-state index in [1.807, 2.05) is 30.3 Å². The van der Waals surface area contributed by atoms with Gasteiger partial charge in [0.2, 0.25) is 0 Å². The number of nitrogens with two attached hydrogens (primary N) is 1. The molecule has 1 unspecified atom stereocenters. The molecule has 1 heterocycles. The van der Waals surface area contributed by atoms with E-state index < -0.39 is 9.84 Å². The summed E-state index contributed by atoms with van der Waals surface area (Å²) in [6.45, 7) is 0. The van der Waals surface area contributed by atoms with E-state index in [9.17, 15) is 8.42 Å². The Bertz CT molecular complexity index is 622. The van der Waals surface area contributed by atoms with E-state index in [1.54, 1.807) is 12.3 Å². The Morgan fingerprint density at radius 2 is 2.11 bits per heavy atom. The molecule has 0 aliphatic carbocycles. The molecule has 5 nitrogen and oxygen atoms in total. The first-order valence-corrected chi connectivity index (χ1v) is 8.14. The maximum atomic E-state index is 11.2. The molecule has 1 aromatic rings. The van der Waals surface area contributed by atoms with Crippen molar-refractivity contribution in [1.29, 1.82) is 0 Å². The summed E-state index contributed by atoms with van der Waals surface area (Å²) in [5.41, 5.74) is 6.60. The van der Waals surface area contributed by atoms with Crippen molar-refractivity contribution in [2.24, 2.45) is 15.9 Å². The van der Waals surface area contributed by atoms with E-state index in [-0.39, 0.29) is 16.2 Å². The lowest BCUT2D eigenvalue weighted by Gasteiger charge is -2.03. The molecule has 1 aliphatic heterocycles. The number of sulfone groups is 1. The van der Waals surface area contributed by atoms with Gasteiger partial charge in [0.05, 0.1) is 12.0 Å². The number of amidine groups is 1.